The second kappa shape index (κ2) is 4.87. The molecule has 0 aromatic carbocycles. The lowest BCUT2D eigenvalue weighted by Gasteiger charge is -2.20. The van der Waals surface area contributed by atoms with Crippen LogP contribution in [0.25, 0.3) is 0 Å². The van der Waals surface area contributed by atoms with Crippen molar-refractivity contribution in [1.29, 1.82) is 0 Å². The third-order valence-electron chi connectivity index (χ3n) is 3.10. The van der Waals surface area contributed by atoms with Crippen LogP contribution in [0.1, 0.15) is 35.0 Å². The number of hydrogen-bond donors (Lipinski definition) is 1. The van der Waals surface area contributed by atoms with Gasteiger partial charge in [0.05, 0.1) is 5.69 Å². The number of aromatic nitrogens is 1. The minimum atomic E-state index is -0.0863. The fraction of sp³-hybridized carbons (Fsp3) is 0.667. The molecule has 0 bridgehead atoms. The van der Waals surface area contributed by atoms with Gasteiger partial charge in [0.25, 0.3) is 5.91 Å². The summed E-state index contributed by atoms with van der Waals surface area (Å²) in [5.41, 5.74) is 0.665. The molecule has 94 valence electrons. The lowest BCUT2D eigenvalue weighted by atomic mass is 10.2. The quantitative estimate of drug-likeness (QED) is 0.855. The van der Waals surface area contributed by atoms with Crippen LogP contribution in [0, 0.1) is 13.8 Å². The van der Waals surface area contributed by atoms with E-state index >= 15 is 0 Å². The number of hydrogen-bond acceptors (Lipinski definition) is 4. The predicted octanol–water partition coefficient (Wildman–Crippen LogP) is 1.12. The van der Waals surface area contributed by atoms with Crippen molar-refractivity contribution in [1.82, 2.24) is 15.2 Å². The topological polar surface area (TPSA) is 58.4 Å². The normalized spacial score (nSPS) is 19.6. The van der Waals surface area contributed by atoms with Gasteiger partial charge in [0.15, 0.2) is 5.89 Å². The van der Waals surface area contributed by atoms with Gasteiger partial charge >= 0.3 is 0 Å². The van der Waals surface area contributed by atoms with Gasteiger partial charge in [-0.15, -0.1) is 0 Å². The lowest BCUT2D eigenvalue weighted by Crippen LogP contribution is -2.38. The maximum absolute atomic E-state index is 12.1. The molecule has 1 aliphatic rings. The molecule has 0 radical (unpaired) electrons. The lowest BCUT2D eigenvalue weighted by molar-refractivity contribution is 0.0750. The molecule has 0 aliphatic carbocycles. The number of oxazole rings is 1. The van der Waals surface area contributed by atoms with Gasteiger partial charge < -0.3 is 14.6 Å². The Morgan fingerprint density at radius 2 is 2.35 bits per heavy atom. The van der Waals surface area contributed by atoms with Gasteiger partial charge in [0.2, 0.25) is 5.76 Å². The molecule has 1 saturated heterocycles. The maximum Gasteiger partial charge on any atom is 0.291 e. The van der Waals surface area contributed by atoms with Gasteiger partial charge in [-0.25, -0.2) is 4.98 Å². The van der Waals surface area contributed by atoms with Gasteiger partial charge in [-0.1, -0.05) is 0 Å². The van der Waals surface area contributed by atoms with E-state index in [-0.39, 0.29) is 5.91 Å². The Bertz CT molecular complexity index is 408. The van der Waals surface area contributed by atoms with E-state index < -0.39 is 0 Å². The van der Waals surface area contributed by atoms with Crippen molar-refractivity contribution in [3.63, 3.8) is 0 Å². The maximum atomic E-state index is 12.1. The average Bonchev–Trinajstić information content (AvgIpc) is 2.87. The number of carbonyl (C=O) groups excluding carboxylic acids is 1. The first kappa shape index (κ1) is 12.1. The van der Waals surface area contributed by atoms with Crippen LogP contribution in [0.3, 0.4) is 0 Å². The highest BCUT2D eigenvalue weighted by molar-refractivity contribution is 5.92. The average molecular weight is 237 g/mol. The molecule has 1 aromatic heterocycles. The smallest absolute Gasteiger partial charge is 0.291 e. The Hall–Kier alpha value is -1.36. The van der Waals surface area contributed by atoms with Crippen molar-refractivity contribution >= 4 is 5.91 Å². The van der Waals surface area contributed by atoms with Crippen LogP contribution in [-0.4, -0.2) is 42.0 Å². The second-order valence-electron chi connectivity index (χ2n) is 4.63. The van der Waals surface area contributed by atoms with E-state index in [9.17, 15) is 4.79 Å². The minimum absolute atomic E-state index is 0.0863. The van der Waals surface area contributed by atoms with E-state index in [0.29, 0.717) is 23.4 Å². The number of amides is 1. The zero-order valence-corrected chi connectivity index (χ0v) is 10.6. The molecule has 1 amide bonds. The van der Waals surface area contributed by atoms with E-state index in [0.717, 1.165) is 19.5 Å². The Kier molecular flexibility index (Phi) is 3.47. The van der Waals surface area contributed by atoms with E-state index in [2.05, 4.69) is 10.3 Å². The summed E-state index contributed by atoms with van der Waals surface area (Å²) >= 11 is 0. The predicted molar refractivity (Wildman–Crippen MR) is 64.0 cm³/mol. The highest BCUT2D eigenvalue weighted by atomic mass is 16.4. The zero-order valence-electron chi connectivity index (χ0n) is 10.6. The fourth-order valence-electron chi connectivity index (χ4n) is 2.23. The third kappa shape index (κ3) is 2.66. The number of nitrogens with zero attached hydrogens (tertiary/aromatic N) is 2. The summed E-state index contributed by atoms with van der Waals surface area (Å²) in [6.07, 6.45) is 2.32. The van der Waals surface area contributed by atoms with Crippen molar-refractivity contribution < 1.29 is 9.21 Å². The third-order valence-corrected chi connectivity index (χ3v) is 3.10. The number of rotatable bonds is 3. The molecule has 0 saturated carbocycles. The molecule has 1 atom stereocenters. The van der Waals surface area contributed by atoms with Gasteiger partial charge in [-0.2, -0.15) is 0 Å². The van der Waals surface area contributed by atoms with Crippen molar-refractivity contribution in [3.05, 3.63) is 17.3 Å². The molecule has 17 heavy (non-hydrogen) atoms. The van der Waals surface area contributed by atoms with E-state index in [1.807, 2.05) is 0 Å². The Morgan fingerprint density at radius 1 is 1.59 bits per heavy atom. The summed E-state index contributed by atoms with van der Waals surface area (Å²) in [5, 5.41) is 3.37. The second-order valence-corrected chi connectivity index (χ2v) is 4.63. The van der Waals surface area contributed by atoms with E-state index in [1.54, 1.807) is 25.8 Å². The molecule has 5 nitrogen and oxygen atoms in total. The molecule has 5 heteroatoms. The first-order valence-electron chi connectivity index (χ1n) is 6.01. The molecular formula is C12H19N3O2. The van der Waals surface area contributed by atoms with Crippen molar-refractivity contribution in [2.24, 2.45) is 0 Å². The summed E-state index contributed by atoms with van der Waals surface area (Å²) in [6, 6.07) is 0.410. The number of carbonyl (C=O) groups is 1. The largest absolute Gasteiger partial charge is 0.436 e. The monoisotopic (exact) mass is 237 g/mol. The molecule has 1 aromatic rings. The molecule has 2 heterocycles. The highest BCUT2D eigenvalue weighted by Crippen LogP contribution is 2.13. The molecule has 1 aliphatic heterocycles. The first-order chi connectivity index (χ1) is 8.08. The SMILES string of the molecule is Cc1nc(C)c(C(=O)N(C)CC2CCCN2)o1. The van der Waals surface area contributed by atoms with E-state index in [1.165, 1.54) is 6.42 Å². The molecule has 1 N–H and O–H groups in total. The standard InChI is InChI=1S/C12H19N3O2/c1-8-11(17-9(2)14-8)12(16)15(3)7-10-5-4-6-13-10/h10,13H,4-7H2,1-3H3. The number of aryl methyl sites for hydroxylation is 2. The zero-order chi connectivity index (χ0) is 12.4. The van der Waals surface area contributed by atoms with Crippen LogP contribution in [-0.2, 0) is 0 Å². The summed E-state index contributed by atoms with van der Waals surface area (Å²) in [7, 11) is 1.81. The fourth-order valence-corrected chi connectivity index (χ4v) is 2.23. The minimum Gasteiger partial charge on any atom is -0.436 e. The van der Waals surface area contributed by atoms with Crippen LogP contribution in [0.2, 0.25) is 0 Å². The Labute approximate surface area is 101 Å². The van der Waals surface area contributed by atoms with Crippen LogP contribution in [0.5, 0.6) is 0 Å². The van der Waals surface area contributed by atoms with Crippen LogP contribution in [0.4, 0.5) is 0 Å². The van der Waals surface area contributed by atoms with Crippen molar-refractivity contribution in [3.8, 4) is 0 Å². The highest BCUT2D eigenvalue weighted by Gasteiger charge is 2.23. The van der Waals surface area contributed by atoms with Crippen molar-refractivity contribution in [2.45, 2.75) is 32.7 Å². The van der Waals surface area contributed by atoms with Gasteiger partial charge in [-0.05, 0) is 26.3 Å². The van der Waals surface area contributed by atoms with Crippen molar-refractivity contribution in [2.75, 3.05) is 20.1 Å². The Morgan fingerprint density at radius 3 is 2.88 bits per heavy atom. The summed E-state index contributed by atoms with van der Waals surface area (Å²) in [4.78, 5) is 18.0. The van der Waals surface area contributed by atoms with Gasteiger partial charge in [0, 0.05) is 26.6 Å². The van der Waals surface area contributed by atoms with E-state index in [4.69, 9.17) is 4.42 Å². The first-order valence-corrected chi connectivity index (χ1v) is 6.01. The summed E-state index contributed by atoms with van der Waals surface area (Å²) in [6.45, 7) is 5.32. The van der Waals surface area contributed by atoms with Crippen LogP contribution in [0.15, 0.2) is 4.42 Å². The van der Waals surface area contributed by atoms with Gasteiger partial charge in [-0.3, -0.25) is 4.79 Å². The molecule has 1 fully saturated rings. The Balaban J connectivity index is 2.01. The molecular weight excluding hydrogens is 218 g/mol. The van der Waals surface area contributed by atoms with Gasteiger partial charge in [0.1, 0.15) is 0 Å². The van der Waals surface area contributed by atoms with Crippen LogP contribution < -0.4 is 5.32 Å². The molecule has 1 unspecified atom stereocenters. The molecule has 2 rings (SSSR count). The number of likely N-dealkylation sites (N-methyl/N-ethyl adjacent to an activating group) is 1. The van der Waals surface area contributed by atoms with Crippen LogP contribution >= 0.6 is 0 Å². The molecule has 0 spiro atoms. The summed E-state index contributed by atoms with van der Waals surface area (Å²) < 4.78 is 5.34. The summed E-state index contributed by atoms with van der Waals surface area (Å²) in [5.74, 6) is 0.818. The number of nitrogens with one attached hydrogen (secondary N) is 1.